The van der Waals surface area contributed by atoms with Gasteiger partial charge in [-0.2, -0.15) is 4.98 Å². The molecule has 0 fully saturated rings. The number of benzene rings is 1. The van der Waals surface area contributed by atoms with Gasteiger partial charge in [-0.05, 0) is 24.6 Å². The van der Waals surface area contributed by atoms with Crippen molar-refractivity contribution in [1.29, 1.82) is 0 Å². The van der Waals surface area contributed by atoms with Gasteiger partial charge in [-0.3, -0.25) is 0 Å². The number of nitrogens with zero attached hydrogens (tertiary/aromatic N) is 3. The zero-order valence-corrected chi connectivity index (χ0v) is 13.0. The fourth-order valence-corrected chi connectivity index (χ4v) is 3.03. The number of halogens is 1. The molecule has 2 N–H and O–H groups in total. The van der Waals surface area contributed by atoms with Crippen LogP contribution in [0.4, 0.5) is 5.95 Å². The quantitative estimate of drug-likeness (QED) is 0.696. The molecule has 2 heterocycles. The predicted octanol–water partition coefficient (Wildman–Crippen LogP) is 3.98. The average Bonchev–Trinajstić information content (AvgIpc) is 2.94. The summed E-state index contributed by atoms with van der Waals surface area (Å²) in [6.07, 6.45) is 2.64. The molecule has 0 radical (unpaired) electrons. The molecule has 0 saturated heterocycles. The van der Waals surface area contributed by atoms with E-state index < -0.39 is 0 Å². The summed E-state index contributed by atoms with van der Waals surface area (Å²) in [5.74, 6) is 0.598. The highest BCUT2D eigenvalue weighted by Crippen LogP contribution is 2.32. The summed E-state index contributed by atoms with van der Waals surface area (Å²) in [4.78, 5) is 17.3. The zero-order chi connectivity index (χ0) is 14.7. The van der Waals surface area contributed by atoms with E-state index >= 15 is 0 Å². The van der Waals surface area contributed by atoms with Crippen LogP contribution in [0.2, 0.25) is 5.02 Å². The van der Waals surface area contributed by atoms with Crippen molar-refractivity contribution in [3.63, 3.8) is 0 Å². The maximum absolute atomic E-state index is 6.03. The van der Waals surface area contributed by atoms with Gasteiger partial charge in [0.1, 0.15) is 10.5 Å². The Balaban J connectivity index is 1.97. The van der Waals surface area contributed by atoms with Crippen molar-refractivity contribution >= 4 is 40.5 Å². The molecular weight excluding hydrogens is 306 g/mol. The number of imidazole rings is 1. The van der Waals surface area contributed by atoms with Gasteiger partial charge in [-0.25, -0.2) is 9.97 Å². The van der Waals surface area contributed by atoms with Crippen LogP contribution in [-0.4, -0.2) is 26.5 Å². The van der Waals surface area contributed by atoms with Crippen LogP contribution in [0.1, 0.15) is 13.3 Å². The molecule has 7 heteroatoms. The third kappa shape index (κ3) is 3.28. The van der Waals surface area contributed by atoms with Crippen LogP contribution < -0.4 is 5.32 Å². The Bertz CT molecular complexity index is 758. The third-order valence-corrected chi connectivity index (χ3v) is 4.01. The van der Waals surface area contributed by atoms with Crippen LogP contribution in [0.5, 0.6) is 0 Å². The van der Waals surface area contributed by atoms with Crippen molar-refractivity contribution in [2.75, 3.05) is 11.9 Å². The topological polar surface area (TPSA) is 66.5 Å². The lowest BCUT2D eigenvalue weighted by molar-refractivity contribution is 0.943. The maximum atomic E-state index is 6.03. The fraction of sp³-hybridized carbons (Fsp3) is 0.214. The van der Waals surface area contributed by atoms with Crippen LogP contribution in [0.3, 0.4) is 0 Å². The monoisotopic (exact) mass is 319 g/mol. The molecule has 3 rings (SSSR count). The summed E-state index contributed by atoms with van der Waals surface area (Å²) in [5, 5.41) is 4.74. The number of H-pyrrole nitrogens is 1. The Kier molecular flexibility index (Phi) is 4.26. The van der Waals surface area contributed by atoms with Crippen LogP contribution >= 0.6 is 23.4 Å². The lowest BCUT2D eigenvalue weighted by atomic mass is 10.4. The minimum absolute atomic E-state index is 0.598. The molecule has 0 saturated carbocycles. The molecule has 0 amide bonds. The smallest absolute Gasteiger partial charge is 0.225 e. The Morgan fingerprint density at radius 1 is 1.33 bits per heavy atom. The lowest BCUT2D eigenvalue weighted by Gasteiger charge is -2.06. The first-order chi connectivity index (χ1) is 10.3. The Hall–Kier alpha value is -1.79. The minimum Gasteiger partial charge on any atom is -0.354 e. The minimum atomic E-state index is 0.598. The summed E-state index contributed by atoms with van der Waals surface area (Å²) >= 11 is 7.57. The van der Waals surface area contributed by atoms with E-state index in [-0.39, 0.29) is 0 Å². The number of hydrogen-bond donors (Lipinski definition) is 2. The van der Waals surface area contributed by atoms with Gasteiger partial charge in [0, 0.05) is 16.5 Å². The van der Waals surface area contributed by atoms with Crippen molar-refractivity contribution in [1.82, 2.24) is 19.9 Å². The summed E-state index contributed by atoms with van der Waals surface area (Å²) in [5.41, 5.74) is 1.50. The van der Waals surface area contributed by atoms with Gasteiger partial charge < -0.3 is 10.3 Å². The first kappa shape index (κ1) is 14.2. The standard InChI is InChI=1S/C14H14ClN5S/c1-2-6-16-14-19-12-11(17-8-18-12)13(20-14)21-10-5-3-4-9(15)7-10/h3-5,7-8H,2,6H2,1H3,(H2,16,17,18,19,20). The molecular formula is C14H14ClN5S. The van der Waals surface area contributed by atoms with E-state index in [0.717, 1.165) is 28.4 Å². The van der Waals surface area contributed by atoms with E-state index in [1.807, 2.05) is 24.3 Å². The summed E-state index contributed by atoms with van der Waals surface area (Å²) in [6, 6.07) is 7.69. The molecule has 0 bridgehead atoms. The van der Waals surface area contributed by atoms with E-state index in [4.69, 9.17) is 11.6 Å². The summed E-state index contributed by atoms with van der Waals surface area (Å²) < 4.78 is 0. The largest absolute Gasteiger partial charge is 0.354 e. The predicted molar refractivity (Wildman–Crippen MR) is 86.0 cm³/mol. The van der Waals surface area contributed by atoms with Crippen molar-refractivity contribution < 1.29 is 0 Å². The number of fused-ring (bicyclic) bond motifs is 1. The highest BCUT2D eigenvalue weighted by Gasteiger charge is 2.11. The second kappa shape index (κ2) is 6.32. The SMILES string of the molecule is CCCNc1nc(Sc2cccc(Cl)c2)c2[nH]cnc2n1. The molecule has 5 nitrogen and oxygen atoms in total. The Labute approximate surface area is 131 Å². The van der Waals surface area contributed by atoms with E-state index in [9.17, 15) is 0 Å². The molecule has 0 aliphatic carbocycles. The van der Waals surface area contributed by atoms with Crippen LogP contribution in [0.25, 0.3) is 11.2 Å². The lowest BCUT2D eigenvalue weighted by Crippen LogP contribution is -2.05. The van der Waals surface area contributed by atoms with Gasteiger partial charge >= 0.3 is 0 Å². The molecule has 1 aromatic carbocycles. The van der Waals surface area contributed by atoms with E-state index in [1.165, 1.54) is 11.8 Å². The molecule has 0 spiro atoms. The number of aromatic nitrogens is 4. The molecule has 0 unspecified atom stereocenters. The second-order valence-electron chi connectivity index (χ2n) is 4.44. The van der Waals surface area contributed by atoms with E-state index in [0.29, 0.717) is 16.6 Å². The molecule has 0 aliphatic rings. The van der Waals surface area contributed by atoms with Crippen LogP contribution in [0.15, 0.2) is 40.5 Å². The van der Waals surface area contributed by atoms with E-state index in [2.05, 4.69) is 32.2 Å². The van der Waals surface area contributed by atoms with Crippen molar-refractivity contribution in [2.45, 2.75) is 23.3 Å². The molecule has 0 aliphatic heterocycles. The molecule has 21 heavy (non-hydrogen) atoms. The van der Waals surface area contributed by atoms with Gasteiger partial charge in [-0.1, -0.05) is 36.4 Å². The van der Waals surface area contributed by atoms with Gasteiger partial charge in [0.15, 0.2) is 5.65 Å². The fourth-order valence-electron chi connectivity index (χ4n) is 1.84. The first-order valence-corrected chi connectivity index (χ1v) is 7.84. The molecule has 2 aromatic heterocycles. The summed E-state index contributed by atoms with van der Waals surface area (Å²) in [6.45, 7) is 2.93. The highest BCUT2D eigenvalue weighted by molar-refractivity contribution is 7.99. The molecule has 3 aromatic rings. The second-order valence-corrected chi connectivity index (χ2v) is 5.94. The number of aromatic amines is 1. The average molecular weight is 320 g/mol. The molecule has 108 valence electrons. The van der Waals surface area contributed by atoms with Gasteiger partial charge in [0.25, 0.3) is 0 Å². The van der Waals surface area contributed by atoms with Gasteiger partial charge in [0.05, 0.1) is 6.33 Å². The summed E-state index contributed by atoms with van der Waals surface area (Å²) in [7, 11) is 0. The zero-order valence-electron chi connectivity index (χ0n) is 11.4. The molecule has 0 atom stereocenters. The first-order valence-electron chi connectivity index (χ1n) is 6.64. The number of hydrogen-bond acceptors (Lipinski definition) is 5. The van der Waals surface area contributed by atoms with Crippen molar-refractivity contribution in [2.24, 2.45) is 0 Å². The number of anilines is 1. The van der Waals surface area contributed by atoms with Gasteiger partial charge in [0.2, 0.25) is 5.95 Å². The van der Waals surface area contributed by atoms with E-state index in [1.54, 1.807) is 6.33 Å². The van der Waals surface area contributed by atoms with Crippen molar-refractivity contribution in [3.8, 4) is 0 Å². The third-order valence-electron chi connectivity index (χ3n) is 2.80. The van der Waals surface area contributed by atoms with Crippen LogP contribution in [-0.2, 0) is 0 Å². The highest BCUT2D eigenvalue weighted by atomic mass is 35.5. The maximum Gasteiger partial charge on any atom is 0.225 e. The Morgan fingerprint density at radius 3 is 3.05 bits per heavy atom. The van der Waals surface area contributed by atoms with Crippen molar-refractivity contribution in [3.05, 3.63) is 35.6 Å². The van der Waals surface area contributed by atoms with Crippen LogP contribution in [0, 0.1) is 0 Å². The Morgan fingerprint density at radius 2 is 2.24 bits per heavy atom. The normalized spacial score (nSPS) is 11.0. The number of rotatable bonds is 5. The number of nitrogens with one attached hydrogen (secondary N) is 2. The van der Waals surface area contributed by atoms with Gasteiger partial charge in [-0.15, -0.1) is 0 Å².